The third-order valence-electron chi connectivity index (χ3n) is 4.78. The lowest BCUT2D eigenvalue weighted by Crippen LogP contribution is -2.42. The predicted molar refractivity (Wildman–Crippen MR) is 83.1 cm³/mol. The van der Waals surface area contributed by atoms with Gasteiger partial charge in [0.15, 0.2) is 0 Å². The lowest BCUT2D eigenvalue weighted by atomic mass is 10.00. The summed E-state index contributed by atoms with van der Waals surface area (Å²) in [4.78, 5) is 2.57. The number of rotatable bonds is 2. The molecule has 0 spiro atoms. The topological polar surface area (TPSA) is 20.2 Å². The fraction of sp³-hybridized carbons (Fsp3) is 0.529. The molecule has 0 unspecified atom stereocenters. The maximum atomic E-state index is 3.43. The van der Waals surface area contributed by atoms with Crippen LogP contribution in [0.15, 0.2) is 18.2 Å². The molecule has 4 rings (SSSR count). The van der Waals surface area contributed by atoms with E-state index in [0.29, 0.717) is 0 Å². The van der Waals surface area contributed by atoms with Crippen molar-refractivity contribution in [2.45, 2.75) is 32.9 Å². The molecule has 2 aromatic rings. The summed E-state index contributed by atoms with van der Waals surface area (Å²) in [6, 6.07) is 7.24. The van der Waals surface area contributed by atoms with E-state index in [9.17, 15) is 0 Å². The van der Waals surface area contributed by atoms with Crippen LogP contribution < -0.4 is 5.32 Å². The maximum Gasteiger partial charge on any atom is 0.0515 e. The first-order valence-corrected chi connectivity index (χ1v) is 7.86. The Morgan fingerprint density at radius 2 is 1.95 bits per heavy atom. The minimum absolute atomic E-state index is 1.11. The molecular formula is C17H23N3. The van der Waals surface area contributed by atoms with Crippen molar-refractivity contribution in [2.75, 3.05) is 26.2 Å². The van der Waals surface area contributed by atoms with Crippen LogP contribution in [0.1, 0.15) is 23.2 Å². The molecule has 3 heteroatoms. The van der Waals surface area contributed by atoms with Gasteiger partial charge in [0.25, 0.3) is 0 Å². The van der Waals surface area contributed by atoms with E-state index in [0.717, 1.165) is 19.6 Å². The average Bonchev–Trinajstić information content (AvgIpc) is 2.78. The zero-order valence-corrected chi connectivity index (χ0v) is 12.3. The molecule has 3 nitrogen and oxygen atoms in total. The third kappa shape index (κ3) is 2.05. The van der Waals surface area contributed by atoms with Crippen LogP contribution in [0.25, 0.3) is 10.9 Å². The van der Waals surface area contributed by atoms with Gasteiger partial charge in [0.05, 0.1) is 5.52 Å². The molecule has 106 valence electrons. The maximum absolute atomic E-state index is 3.43. The molecule has 0 saturated carbocycles. The van der Waals surface area contributed by atoms with Gasteiger partial charge in [-0.3, -0.25) is 4.90 Å². The van der Waals surface area contributed by atoms with Crippen molar-refractivity contribution in [3.63, 3.8) is 0 Å². The van der Waals surface area contributed by atoms with E-state index in [2.05, 4.69) is 39.9 Å². The number of hydrogen-bond donors (Lipinski definition) is 1. The van der Waals surface area contributed by atoms with Gasteiger partial charge in [-0.2, -0.15) is 0 Å². The number of nitrogens with zero attached hydrogens (tertiary/aromatic N) is 2. The summed E-state index contributed by atoms with van der Waals surface area (Å²) in [5.41, 5.74) is 5.97. The fourth-order valence-electron chi connectivity index (χ4n) is 3.83. The van der Waals surface area contributed by atoms with Crippen molar-refractivity contribution in [2.24, 2.45) is 0 Å². The van der Waals surface area contributed by atoms with Gasteiger partial charge in [-0.25, -0.2) is 0 Å². The molecule has 1 aromatic carbocycles. The fourth-order valence-corrected chi connectivity index (χ4v) is 3.83. The van der Waals surface area contributed by atoms with Crippen LogP contribution in [-0.2, 0) is 19.5 Å². The number of aryl methyl sites for hydroxylation is 3. The molecule has 0 atom stereocenters. The zero-order valence-electron chi connectivity index (χ0n) is 12.3. The molecule has 0 radical (unpaired) electrons. The number of hydrogen-bond acceptors (Lipinski definition) is 2. The number of nitrogens with one attached hydrogen (secondary N) is 1. The molecule has 0 amide bonds. The molecule has 20 heavy (non-hydrogen) atoms. The van der Waals surface area contributed by atoms with E-state index in [1.54, 1.807) is 5.56 Å². The molecule has 2 aliphatic heterocycles. The van der Waals surface area contributed by atoms with Crippen LogP contribution in [0.4, 0.5) is 0 Å². The Bertz CT molecular complexity index is 635. The van der Waals surface area contributed by atoms with Crippen LogP contribution in [0.3, 0.4) is 0 Å². The Balaban J connectivity index is 1.71. The van der Waals surface area contributed by atoms with Crippen molar-refractivity contribution in [3.8, 4) is 0 Å². The van der Waals surface area contributed by atoms with E-state index >= 15 is 0 Å². The summed E-state index contributed by atoms with van der Waals surface area (Å²) >= 11 is 0. The van der Waals surface area contributed by atoms with E-state index in [-0.39, 0.29) is 0 Å². The van der Waals surface area contributed by atoms with Crippen molar-refractivity contribution in [1.82, 2.24) is 14.8 Å². The highest BCUT2D eigenvalue weighted by molar-refractivity contribution is 5.85. The standard InChI is InChI=1S/C17H23N3/c1-13-9-16-11-14(12-19-7-4-18-5-8-19)10-15-3-2-6-20(13)17(15)16/h9-11,18H,2-8,12H2,1H3. The highest BCUT2D eigenvalue weighted by atomic mass is 15.2. The Labute approximate surface area is 120 Å². The first-order valence-electron chi connectivity index (χ1n) is 7.86. The zero-order chi connectivity index (χ0) is 13.5. The highest BCUT2D eigenvalue weighted by Gasteiger charge is 2.17. The van der Waals surface area contributed by atoms with Crippen LogP contribution in [0, 0.1) is 6.92 Å². The molecule has 1 aromatic heterocycles. The van der Waals surface area contributed by atoms with Crippen molar-refractivity contribution in [3.05, 3.63) is 35.0 Å². The lowest BCUT2D eigenvalue weighted by molar-refractivity contribution is 0.233. The molecule has 1 saturated heterocycles. The molecular weight excluding hydrogens is 246 g/mol. The monoisotopic (exact) mass is 269 g/mol. The van der Waals surface area contributed by atoms with Gasteiger partial charge in [0, 0.05) is 50.3 Å². The van der Waals surface area contributed by atoms with Gasteiger partial charge in [0.1, 0.15) is 0 Å². The van der Waals surface area contributed by atoms with Gasteiger partial charge in [-0.1, -0.05) is 6.07 Å². The Morgan fingerprint density at radius 3 is 2.80 bits per heavy atom. The van der Waals surface area contributed by atoms with Crippen LogP contribution in [-0.4, -0.2) is 35.6 Å². The molecule has 0 aliphatic carbocycles. The molecule has 1 N–H and O–H groups in total. The average molecular weight is 269 g/mol. The number of piperazine rings is 1. The first kappa shape index (κ1) is 12.4. The van der Waals surface area contributed by atoms with Gasteiger partial charge >= 0.3 is 0 Å². The summed E-state index contributed by atoms with van der Waals surface area (Å²) in [5.74, 6) is 0. The summed E-state index contributed by atoms with van der Waals surface area (Å²) in [6.45, 7) is 9.15. The molecule has 1 fully saturated rings. The second kappa shape index (κ2) is 4.90. The van der Waals surface area contributed by atoms with E-state index in [1.807, 2.05) is 0 Å². The van der Waals surface area contributed by atoms with Crippen molar-refractivity contribution in [1.29, 1.82) is 0 Å². The van der Waals surface area contributed by atoms with Crippen molar-refractivity contribution >= 4 is 10.9 Å². The second-order valence-corrected chi connectivity index (χ2v) is 6.26. The number of benzene rings is 1. The summed E-state index contributed by atoms with van der Waals surface area (Å²) in [5, 5.41) is 4.88. The van der Waals surface area contributed by atoms with Crippen LogP contribution >= 0.6 is 0 Å². The van der Waals surface area contributed by atoms with Gasteiger partial charge < -0.3 is 9.88 Å². The second-order valence-electron chi connectivity index (χ2n) is 6.26. The van der Waals surface area contributed by atoms with Crippen molar-refractivity contribution < 1.29 is 0 Å². The van der Waals surface area contributed by atoms with E-state index in [4.69, 9.17) is 0 Å². The minimum atomic E-state index is 1.11. The Kier molecular flexibility index (Phi) is 3.04. The van der Waals surface area contributed by atoms with Crippen LogP contribution in [0.5, 0.6) is 0 Å². The molecule has 0 bridgehead atoms. The van der Waals surface area contributed by atoms with E-state index in [1.165, 1.54) is 54.6 Å². The summed E-state index contributed by atoms with van der Waals surface area (Å²) in [7, 11) is 0. The van der Waals surface area contributed by atoms with E-state index < -0.39 is 0 Å². The SMILES string of the molecule is Cc1cc2cc(CN3CCNCC3)cc3c2n1CCC3. The molecule has 3 heterocycles. The smallest absolute Gasteiger partial charge is 0.0515 e. The largest absolute Gasteiger partial charge is 0.345 e. The van der Waals surface area contributed by atoms with Gasteiger partial charge in [-0.05, 0) is 43.0 Å². The normalized spacial score (nSPS) is 19.6. The quantitative estimate of drug-likeness (QED) is 0.903. The Hall–Kier alpha value is -1.32. The Morgan fingerprint density at radius 1 is 1.10 bits per heavy atom. The minimum Gasteiger partial charge on any atom is -0.345 e. The highest BCUT2D eigenvalue weighted by Crippen LogP contribution is 2.30. The number of aromatic nitrogens is 1. The van der Waals surface area contributed by atoms with Gasteiger partial charge in [-0.15, -0.1) is 0 Å². The predicted octanol–water partition coefficient (Wildman–Crippen LogP) is 2.30. The van der Waals surface area contributed by atoms with Gasteiger partial charge in [0.2, 0.25) is 0 Å². The lowest BCUT2D eigenvalue weighted by Gasteiger charge is -2.27. The first-order chi connectivity index (χ1) is 9.81. The third-order valence-corrected chi connectivity index (χ3v) is 4.78. The van der Waals surface area contributed by atoms with Crippen LogP contribution in [0.2, 0.25) is 0 Å². The summed E-state index contributed by atoms with van der Waals surface area (Å²) < 4.78 is 2.50. The summed E-state index contributed by atoms with van der Waals surface area (Å²) in [6.07, 6.45) is 2.53. The molecule has 2 aliphatic rings.